The van der Waals surface area contributed by atoms with Gasteiger partial charge in [-0.1, -0.05) is 30.3 Å². The van der Waals surface area contributed by atoms with Crippen LogP contribution in [0.15, 0.2) is 30.3 Å². The third-order valence-corrected chi connectivity index (χ3v) is 2.60. The van der Waals surface area contributed by atoms with Crippen LogP contribution in [-0.4, -0.2) is 29.3 Å². The number of aliphatic hydroxyl groups excluding tert-OH is 1. The molecule has 1 aromatic rings. The molecule has 0 aromatic heterocycles. The van der Waals surface area contributed by atoms with Crippen molar-refractivity contribution in [3.05, 3.63) is 35.9 Å². The summed E-state index contributed by atoms with van der Waals surface area (Å²) in [6.45, 7) is 7.16. The van der Waals surface area contributed by atoms with Crippen molar-refractivity contribution in [1.29, 1.82) is 0 Å². The molecule has 2 unspecified atom stereocenters. The van der Waals surface area contributed by atoms with Crippen molar-refractivity contribution in [2.75, 3.05) is 6.61 Å². The van der Waals surface area contributed by atoms with E-state index < -0.39 is 11.6 Å². The average Bonchev–Trinajstić information content (AvgIpc) is 2.34. The van der Waals surface area contributed by atoms with E-state index in [-0.39, 0.29) is 18.6 Å². The highest BCUT2D eigenvalue weighted by molar-refractivity contribution is 5.75. The predicted molar refractivity (Wildman–Crippen MR) is 74.7 cm³/mol. The van der Waals surface area contributed by atoms with Crippen molar-refractivity contribution in [2.45, 2.75) is 45.4 Å². The lowest BCUT2D eigenvalue weighted by atomic mass is 10.1. The van der Waals surface area contributed by atoms with Crippen molar-refractivity contribution in [2.24, 2.45) is 0 Å². The standard InChI is InChI=1S/C15H23NO3/c1-11(14(18)19-15(2,3)4)16-13(10-17)12-8-6-5-7-9-12/h5-9,11,13,16-17H,10H2,1-4H3. The third kappa shape index (κ3) is 5.41. The van der Waals surface area contributed by atoms with Gasteiger partial charge >= 0.3 is 5.97 Å². The Morgan fingerprint density at radius 3 is 2.37 bits per heavy atom. The Hall–Kier alpha value is -1.39. The highest BCUT2D eigenvalue weighted by Gasteiger charge is 2.24. The van der Waals surface area contributed by atoms with Gasteiger partial charge in [0, 0.05) is 0 Å². The third-order valence-electron chi connectivity index (χ3n) is 2.60. The fourth-order valence-electron chi connectivity index (χ4n) is 1.70. The van der Waals surface area contributed by atoms with Crippen molar-refractivity contribution in [3.8, 4) is 0 Å². The fraction of sp³-hybridized carbons (Fsp3) is 0.533. The zero-order chi connectivity index (χ0) is 14.5. The molecule has 2 N–H and O–H groups in total. The summed E-state index contributed by atoms with van der Waals surface area (Å²) >= 11 is 0. The summed E-state index contributed by atoms with van der Waals surface area (Å²) in [6, 6.07) is 8.79. The lowest BCUT2D eigenvalue weighted by molar-refractivity contribution is -0.157. The van der Waals surface area contributed by atoms with Crippen LogP contribution in [0.1, 0.15) is 39.3 Å². The summed E-state index contributed by atoms with van der Waals surface area (Å²) in [4.78, 5) is 11.9. The number of ether oxygens (including phenoxy) is 1. The molecule has 4 heteroatoms. The molecule has 0 aliphatic carbocycles. The van der Waals surface area contributed by atoms with Gasteiger partial charge in [-0.3, -0.25) is 10.1 Å². The van der Waals surface area contributed by atoms with Gasteiger partial charge in [-0.25, -0.2) is 0 Å². The Labute approximate surface area is 114 Å². The molecule has 0 aliphatic rings. The molecular formula is C15H23NO3. The molecule has 1 aromatic carbocycles. The molecule has 0 radical (unpaired) electrons. The molecule has 1 rings (SSSR count). The summed E-state index contributed by atoms with van der Waals surface area (Å²) < 4.78 is 5.30. The molecule has 0 heterocycles. The van der Waals surface area contributed by atoms with E-state index in [9.17, 15) is 9.90 Å². The minimum absolute atomic E-state index is 0.0723. The maximum Gasteiger partial charge on any atom is 0.323 e. The van der Waals surface area contributed by atoms with E-state index in [1.807, 2.05) is 51.1 Å². The summed E-state index contributed by atoms with van der Waals surface area (Å²) in [7, 11) is 0. The highest BCUT2D eigenvalue weighted by atomic mass is 16.6. The first-order valence-corrected chi connectivity index (χ1v) is 6.48. The van der Waals surface area contributed by atoms with Crippen molar-refractivity contribution < 1.29 is 14.6 Å². The Kier molecular flexibility index (Phi) is 5.51. The van der Waals surface area contributed by atoms with Crippen LogP contribution in [0.2, 0.25) is 0 Å². The number of rotatable bonds is 5. The van der Waals surface area contributed by atoms with Gasteiger partial charge < -0.3 is 9.84 Å². The van der Waals surface area contributed by atoms with Crippen LogP contribution >= 0.6 is 0 Å². The van der Waals surface area contributed by atoms with Gasteiger partial charge in [0.05, 0.1) is 12.6 Å². The van der Waals surface area contributed by atoms with Crippen LogP contribution in [0.5, 0.6) is 0 Å². The minimum atomic E-state index is -0.505. The van der Waals surface area contributed by atoms with E-state index in [0.717, 1.165) is 5.56 Å². The van der Waals surface area contributed by atoms with Gasteiger partial charge in [0.25, 0.3) is 0 Å². The minimum Gasteiger partial charge on any atom is -0.459 e. The van der Waals surface area contributed by atoms with Crippen molar-refractivity contribution >= 4 is 5.97 Å². The summed E-state index contributed by atoms with van der Waals surface area (Å²) in [5.41, 5.74) is 0.439. The zero-order valence-electron chi connectivity index (χ0n) is 12.0. The summed E-state index contributed by atoms with van der Waals surface area (Å²) in [5.74, 6) is -0.318. The molecule has 0 fully saturated rings. The van der Waals surface area contributed by atoms with Crippen LogP contribution in [0.4, 0.5) is 0 Å². The number of aliphatic hydroxyl groups is 1. The van der Waals surface area contributed by atoms with E-state index in [2.05, 4.69) is 5.32 Å². The number of carbonyl (C=O) groups is 1. The molecule has 0 amide bonds. The van der Waals surface area contributed by atoms with Gasteiger partial charge in [0.15, 0.2) is 0 Å². The largest absolute Gasteiger partial charge is 0.459 e. The van der Waals surface area contributed by atoms with Crippen LogP contribution in [0.3, 0.4) is 0 Å². The van der Waals surface area contributed by atoms with Gasteiger partial charge in [-0.15, -0.1) is 0 Å². The fourth-order valence-corrected chi connectivity index (χ4v) is 1.70. The van der Waals surface area contributed by atoms with Crippen LogP contribution in [0.25, 0.3) is 0 Å². The molecule has 0 aliphatic heterocycles. The summed E-state index contributed by atoms with van der Waals surface area (Å²) in [6.07, 6.45) is 0. The number of esters is 1. The second-order valence-electron chi connectivity index (χ2n) is 5.57. The molecule has 19 heavy (non-hydrogen) atoms. The quantitative estimate of drug-likeness (QED) is 0.800. The van der Waals surface area contributed by atoms with Crippen LogP contribution in [0, 0.1) is 0 Å². The average molecular weight is 265 g/mol. The second-order valence-corrected chi connectivity index (χ2v) is 5.57. The smallest absolute Gasteiger partial charge is 0.323 e. The highest BCUT2D eigenvalue weighted by Crippen LogP contribution is 2.14. The Morgan fingerprint density at radius 1 is 1.32 bits per heavy atom. The van der Waals surface area contributed by atoms with Gasteiger partial charge in [-0.05, 0) is 33.3 Å². The van der Waals surface area contributed by atoms with Crippen molar-refractivity contribution in [3.63, 3.8) is 0 Å². The first-order valence-electron chi connectivity index (χ1n) is 6.48. The van der Waals surface area contributed by atoms with Gasteiger partial charge in [-0.2, -0.15) is 0 Å². The van der Waals surface area contributed by atoms with Gasteiger partial charge in [0.2, 0.25) is 0 Å². The maximum atomic E-state index is 11.9. The molecule has 0 spiro atoms. The van der Waals surface area contributed by atoms with E-state index >= 15 is 0 Å². The molecular weight excluding hydrogens is 242 g/mol. The Balaban J connectivity index is 2.64. The Morgan fingerprint density at radius 2 is 1.89 bits per heavy atom. The summed E-state index contributed by atoms with van der Waals surface area (Å²) in [5, 5.41) is 12.5. The SMILES string of the molecule is CC(NC(CO)c1ccccc1)C(=O)OC(C)(C)C. The molecule has 106 valence electrons. The van der Waals surface area contributed by atoms with E-state index in [1.165, 1.54) is 0 Å². The predicted octanol–water partition coefficient (Wildman–Crippen LogP) is 2.04. The van der Waals surface area contributed by atoms with Crippen LogP contribution < -0.4 is 5.32 Å². The Bertz CT molecular complexity index is 398. The lowest BCUT2D eigenvalue weighted by Gasteiger charge is -2.25. The van der Waals surface area contributed by atoms with Crippen molar-refractivity contribution in [1.82, 2.24) is 5.32 Å². The monoisotopic (exact) mass is 265 g/mol. The molecule has 0 bridgehead atoms. The number of benzene rings is 1. The number of hydrogen-bond acceptors (Lipinski definition) is 4. The van der Waals surface area contributed by atoms with E-state index in [1.54, 1.807) is 6.92 Å². The van der Waals surface area contributed by atoms with Gasteiger partial charge in [0.1, 0.15) is 11.6 Å². The normalized spacial score (nSPS) is 14.8. The number of nitrogens with one attached hydrogen (secondary N) is 1. The maximum absolute atomic E-state index is 11.9. The van der Waals surface area contributed by atoms with Crippen LogP contribution in [-0.2, 0) is 9.53 Å². The van der Waals surface area contributed by atoms with E-state index in [4.69, 9.17) is 4.74 Å². The molecule has 2 atom stereocenters. The first-order chi connectivity index (χ1) is 8.83. The number of hydrogen-bond donors (Lipinski definition) is 2. The first kappa shape index (κ1) is 15.7. The topological polar surface area (TPSA) is 58.6 Å². The molecule has 0 saturated heterocycles. The number of carbonyl (C=O) groups excluding carboxylic acids is 1. The lowest BCUT2D eigenvalue weighted by Crippen LogP contribution is -2.41. The molecule has 0 saturated carbocycles. The zero-order valence-corrected chi connectivity index (χ0v) is 12.0. The molecule has 4 nitrogen and oxygen atoms in total. The van der Waals surface area contributed by atoms with E-state index in [0.29, 0.717) is 0 Å². The second kappa shape index (κ2) is 6.68.